The van der Waals surface area contributed by atoms with E-state index in [0.717, 1.165) is 25.2 Å². The zero-order chi connectivity index (χ0) is 13.9. The lowest BCUT2D eigenvalue weighted by molar-refractivity contribution is 0.0743. The third-order valence-corrected chi connectivity index (χ3v) is 3.79. The summed E-state index contributed by atoms with van der Waals surface area (Å²) in [6, 6.07) is 9.71. The normalized spacial score (nSPS) is 18.1. The molecule has 1 atom stereocenters. The number of benzene rings is 1. The van der Waals surface area contributed by atoms with Gasteiger partial charge in [-0.2, -0.15) is 5.10 Å². The maximum absolute atomic E-state index is 12.7. The van der Waals surface area contributed by atoms with E-state index in [-0.39, 0.29) is 11.9 Å². The molecule has 1 N–H and O–H groups in total. The Labute approximate surface area is 118 Å². The van der Waals surface area contributed by atoms with E-state index >= 15 is 0 Å². The van der Waals surface area contributed by atoms with Gasteiger partial charge >= 0.3 is 0 Å². The summed E-state index contributed by atoms with van der Waals surface area (Å²) in [6.07, 6.45) is 4.57. The van der Waals surface area contributed by atoms with Gasteiger partial charge in [-0.25, -0.2) is 4.68 Å². The van der Waals surface area contributed by atoms with Gasteiger partial charge < -0.3 is 10.2 Å². The second-order valence-electron chi connectivity index (χ2n) is 5.03. The number of nitrogens with zero attached hydrogens (tertiary/aromatic N) is 3. The Balaban J connectivity index is 1.91. The quantitative estimate of drug-likeness (QED) is 0.915. The van der Waals surface area contributed by atoms with Crippen molar-refractivity contribution in [2.24, 2.45) is 0 Å². The van der Waals surface area contributed by atoms with E-state index in [1.807, 2.05) is 48.5 Å². The molecule has 1 aliphatic heterocycles. The number of nitrogens with one attached hydrogen (secondary N) is 1. The van der Waals surface area contributed by atoms with E-state index in [0.29, 0.717) is 5.56 Å². The smallest absolute Gasteiger partial charge is 0.256 e. The number of rotatable bonds is 3. The summed E-state index contributed by atoms with van der Waals surface area (Å²) in [5, 5.41) is 7.51. The summed E-state index contributed by atoms with van der Waals surface area (Å²) in [7, 11) is 1.87. The van der Waals surface area contributed by atoms with Crippen LogP contribution in [0.15, 0.2) is 42.7 Å². The minimum atomic E-state index is 0.0461. The molecular formula is C15H18N4O. The molecule has 104 valence electrons. The highest BCUT2D eigenvalue weighted by Crippen LogP contribution is 2.17. The van der Waals surface area contributed by atoms with Gasteiger partial charge in [0.1, 0.15) is 0 Å². The van der Waals surface area contributed by atoms with Gasteiger partial charge in [-0.05, 0) is 31.2 Å². The van der Waals surface area contributed by atoms with Crippen LogP contribution in [-0.2, 0) is 0 Å². The number of likely N-dealkylation sites (N-methyl/N-ethyl adjacent to an activating group) is 1. The molecule has 1 aliphatic rings. The Hall–Kier alpha value is -2.14. The summed E-state index contributed by atoms with van der Waals surface area (Å²) in [5.74, 6) is 0.0461. The highest BCUT2D eigenvalue weighted by Gasteiger charge is 2.25. The topological polar surface area (TPSA) is 50.2 Å². The van der Waals surface area contributed by atoms with Crippen LogP contribution in [0.5, 0.6) is 0 Å². The average Bonchev–Trinajstić information content (AvgIpc) is 3.18. The molecule has 0 saturated carbocycles. The monoisotopic (exact) mass is 270 g/mol. The largest absolute Gasteiger partial charge is 0.337 e. The van der Waals surface area contributed by atoms with Crippen LogP contribution >= 0.6 is 0 Å². The fraction of sp³-hybridized carbons (Fsp3) is 0.333. The van der Waals surface area contributed by atoms with Crippen molar-refractivity contribution in [1.82, 2.24) is 20.0 Å². The zero-order valence-corrected chi connectivity index (χ0v) is 11.5. The van der Waals surface area contributed by atoms with E-state index in [9.17, 15) is 4.79 Å². The van der Waals surface area contributed by atoms with Gasteiger partial charge in [0.25, 0.3) is 5.91 Å². The van der Waals surface area contributed by atoms with Crippen LogP contribution in [0, 0.1) is 0 Å². The fourth-order valence-electron chi connectivity index (χ4n) is 2.59. The number of carbonyl (C=O) groups excluding carboxylic acids is 1. The predicted octanol–water partition coefficient (Wildman–Crippen LogP) is 1.31. The maximum atomic E-state index is 12.7. The first-order valence-electron chi connectivity index (χ1n) is 6.84. The maximum Gasteiger partial charge on any atom is 0.256 e. The number of carbonyl (C=O) groups is 1. The van der Waals surface area contributed by atoms with Gasteiger partial charge in [0.15, 0.2) is 0 Å². The third kappa shape index (κ3) is 2.32. The molecule has 1 fully saturated rings. The van der Waals surface area contributed by atoms with Gasteiger partial charge in [-0.3, -0.25) is 4.79 Å². The molecule has 0 bridgehead atoms. The van der Waals surface area contributed by atoms with E-state index in [4.69, 9.17) is 0 Å². The van der Waals surface area contributed by atoms with Crippen LogP contribution in [0.3, 0.4) is 0 Å². The number of aromatic nitrogens is 2. The average molecular weight is 270 g/mol. The highest BCUT2D eigenvalue weighted by atomic mass is 16.2. The first-order chi connectivity index (χ1) is 9.77. The number of amides is 1. The Morgan fingerprint density at radius 3 is 2.95 bits per heavy atom. The predicted molar refractivity (Wildman–Crippen MR) is 76.9 cm³/mol. The molecule has 1 unspecified atom stereocenters. The molecule has 3 rings (SSSR count). The Morgan fingerprint density at radius 1 is 1.40 bits per heavy atom. The molecule has 2 aromatic rings. The lowest BCUT2D eigenvalue weighted by Crippen LogP contribution is -2.38. The van der Waals surface area contributed by atoms with Crippen LogP contribution in [-0.4, -0.2) is 46.8 Å². The van der Waals surface area contributed by atoms with E-state index in [1.165, 1.54) is 0 Å². The van der Waals surface area contributed by atoms with Crippen molar-refractivity contribution in [3.8, 4) is 5.69 Å². The molecule has 0 aliphatic carbocycles. The molecule has 2 heterocycles. The van der Waals surface area contributed by atoms with Gasteiger partial charge in [-0.15, -0.1) is 0 Å². The Kier molecular flexibility index (Phi) is 3.52. The minimum Gasteiger partial charge on any atom is -0.337 e. The molecular weight excluding hydrogens is 252 g/mol. The lowest BCUT2D eigenvalue weighted by Gasteiger charge is -2.24. The van der Waals surface area contributed by atoms with Crippen molar-refractivity contribution in [2.45, 2.75) is 12.5 Å². The molecule has 20 heavy (non-hydrogen) atoms. The summed E-state index contributed by atoms with van der Waals surface area (Å²) in [6.45, 7) is 1.84. The highest BCUT2D eigenvalue weighted by molar-refractivity contribution is 5.97. The first kappa shape index (κ1) is 12.9. The molecule has 1 aromatic heterocycles. The molecule has 1 aromatic carbocycles. The SMILES string of the molecule is CN(C(=O)c1ccccc1-n1cccn1)C1CCNC1. The Morgan fingerprint density at radius 2 is 2.25 bits per heavy atom. The van der Waals surface area contributed by atoms with Crippen LogP contribution in [0.1, 0.15) is 16.8 Å². The second kappa shape index (κ2) is 5.46. The summed E-state index contributed by atoms with van der Waals surface area (Å²) >= 11 is 0. The van der Waals surface area contributed by atoms with Crippen molar-refractivity contribution in [3.63, 3.8) is 0 Å². The standard InChI is InChI=1S/C15H18N4O/c1-18(12-7-9-16-11-12)15(20)13-5-2-3-6-14(13)19-10-4-8-17-19/h2-6,8,10,12,16H,7,9,11H2,1H3. The lowest BCUT2D eigenvalue weighted by atomic mass is 10.1. The summed E-state index contributed by atoms with van der Waals surface area (Å²) in [5.41, 5.74) is 1.51. The van der Waals surface area contributed by atoms with Crippen molar-refractivity contribution in [2.75, 3.05) is 20.1 Å². The van der Waals surface area contributed by atoms with Crippen LogP contribution in [0.2, 0.25) is 0 Å². The van der Waals surface area contributed by atoms with Crippen molar-refractivity contribution in [3.05, 3.63) is 48.3 Å². The van der Waals surface area contributed by atoms with Crippen LogP contribution in [0.4, 0.5) is 0 Å². The van der Waals surface area contributed by atoms with Gasteiger partial charge in [0.05, 0.1) is 11.3 Å². The molecule has 0 spiro atoms. The van der Waals surface area contributed by atoms with E-state index in [1.54, 1.807) is 10.9 Å². The fourth-order valence-corrected chi connectivity index (χ4v) is 2.59. The zero-order valence-electron chi connectivity index (χ0n) is 11.5. The van der Waals surface area contributed by atoms with Gasteiger partial charge in [0.2, 0.25) is 0 Å². The van der Waals surface area contributed by atoms with Crippen LogP contribution in [0.25, 0.3) is 5.69 Å². The van der Waals surface area contributed by atoms with Crippen molar-refractivity contribution >= 4 is 5.91 Å². The minimum absolute atomic E-state index is 0.0461. The van der Waals surface area contributed by atoms with E-state index in [2.05, 4.69) is 10.4 Å². The molecule has 1 amide bonds. The van der Waals surface area contributed by atoms with Crippen molar-refractivity contribution < 1.29 is 4.79 Å². The van der Waals surface area contributed by atoms with Gasteiger partial charge in [0, 0.05) is 32.0 Å². The number of para-hydroxylation sites is 1. The second-order valence-corrected chi connectivity index (χ2v) is 5.03. The summed E-state index contributed by atoms with van der Waals surface area (Å²) < 4.78 is 1.73. The number of hydrogen-bond acceptors (Lipinski definition) is 3. The van der Waals surface area contributed by atoms with Gasteiger partial charge in [-0.1, -0.05) is 12.1 Å². The molecule has 5 nitrogen and oxygen atoms in total. The number of hydrogen-bond donors (Lipinski definition) is 1. The molecule has 0 radical (unpaired) electrons. The Bertz CT molecular complexity index is 588. The van der Waals surface area contributed by atoms with E-state index < -0.39 is 0 Å². The van der Waals surface area contributed by atoms with Crippen LogP contribution < -0.4 is 5.32 Å². The summed E-state index contributed by atoms with van der Waals surface area (Å²) in [4.78, 5) is 14.5. The molecule has 1 saturated heterocycles. The van der Waals surface area contributed by atoms with Crippen molar-refractivity contribution in [1.29, 1.82) is 0 Å². The third-order valence-electron chi connectivity index (χ3n) is 3.79. The first-order valence-corrected chi connectivity index (χ1v) is 6.84. The molecule has 5 heteroatoms.